The summed E-state index contributed by atoms with van der Waals surface area (Å²) in [6, 6.07) is 0. The van der Waals surface area contributed by atoms with Crippen molar-refractivity contribution in [2.24, 2.45) is 0 Å². The van der Waals surface area contributed by atoms with Crippen molar-refractivity contribution in [1.29, 1.82) is 0 Å². The number of piperazine rings is 1. The zero-order valence-electron chi connectivity index (χ0n) is 10.4. The Balaban J connectivity index is 2.33. The molecule has 4 nitrogen and oxygen atoms in total. The Morgan fingerprint density at radius 2 is 1.94 bits per heavy atom. The highest BCUT2D eigenvalue weighted by atomic mass is 16.2. The van der Waals surface area contributed by atoms with Crippen LogP contribution >= 0.6 is 0 Å². The molecule has 0 radical (unpaired) electrons. The molecule has 0 unspecified atom stereocenters. The Bertz CT molecular complexity index is 400. The van der Waals surface area contributed by atoms with Gasteiger partial charge in [0.2, 0.25) is 11.8 Å². The number of hydrogen-bond donors (Lipinski definition) is 1. The number of carbonyl (C=O) groups is 2. The lowest BCUT2D eigenvalue weighted by Crippen LogP contribution is -2.69. The first-order valence-electron chi connectivity index (χ1n) is 6.02. The highest BCUT2D eigenvalue weighted by Gasteiger charge is 2.51. The molecule has 2 rings (SSSR count). The van der Waals surface area contributed by atoms with Crippen LogP contribution in [-0.4, -0.2) is 34.3 Å². The van der Waals surface area contributed by atoms with E-state index in [-0.39, 0.29) is 18.4 Å². The van der Waals surface area contributed by atoms with Crippen molar-refractivity contribution in [2.75, 3.05) is 6.54 Å². The molecule has 1 saturated heterocycles. The van der Waals surface area contributed by atoms with Crippen LogP contribution in [0.15, 0.2) is 0 Å². The van der Waals surface area contributed by atoms with E-state index in [2.05, 4.69) is 11.2 Å². The van der Waals surface area contributed by atoms with Crippen molar-refractivity contribution in [3.05, 3.63) is 0 Å². The van der Waals surface area contributed by atoms with Gasteiger partial charge >= 0.3 is 0 Å². The maximum Gasteiger partial charge on any atom is 0.249 e. The Kier molecular flexibility index (Phi) is 2.65. The maximum absolute atomic E-state index is 12.5. The Morgan fingerprint density at radius 1 is 1.35 bits per heavy atom. The summed E-state index contributed by atoms with van der Waals surface area (Å²) in [5, 5.41) is 2.87. The second-order valence-corrected chi connectivity index (χ2v) is 5.43. The molecule has 2 amide bonds. The average molecular weight is 234 g/mol. The van der Waals surface area contributed by atoms with E-state index in [1.165, 1.54) is 4.90 Å². The van der Waals surface area contributed by atoms with E-state index in [0.717, 1.165) is 25.7 Å². The summed E-state index contributed by atoms with van der Waals surface area (Å²) in [7, 11) is 0. The number of amides is 2. The molecule has 0 bridgehead atoms. The largest absolute Gasteiger partial charge is 0.340 e. The predicted octanol–water partition coefficient (Wildman–Crippen LogP) is 0.669. The third-order valence-corrected chi connectivity index (χ3v) is 3.82. The van der Waals surface area contributed by atoms with Gasteiger partial charge in [0.15, 0.2) is 0 Å². The van der Waals surface area contributed by atoms with Gasteiger partial charge in [-0.2, -0.15) is 0 Å². The number of hydrogen-bond acceptors (Lipinski definition) is 2. The second-order valence-electron chi connectivity index (χ2n) is 5.43. The van der Waals surface area contributed by atoms with E-state index in [4.69, 9.17) is 6.42 Å². The standard InChI is InChI=1S/C13H18N2O2/c1-4-12(2,3)15-9-10(16)14-13(11(15)17)7-5-6-8-13/h1H,5-9H2,2-3H3,(H,14,16). The first-order valence-corrected chi connectivity index (χ1v) is 6.02. The minimum Gasteiger partial charge on any atom is -0.340 e. The highest BCUT2D eigenvalue weighted by molar-refractivity contribution is 5.98. The quantitative estimate of drug-likeness (QED) is 0.678. The molecule has 1 N–H and O–H groups in total. The monoisotopic (exact) mass is 234 g/mol. The normalized spacial score (nSPS) is 23.7. The van der Waals surface area contributed by atoms with Crippen LogP contribution in [0.5, 0.6) is 0 Å². The number of nitrogens with one attached hydrogen (secondary N) is 1. The molecule has 0 aromatic heterocycles. The van der Waals surface area contributed by atoms with Gasteiger partial charge in [-0.1, -0.05) is 18.8 Å². The van der Waals surface area contributed by atoms with Crippen molar-refractivity contribution < 1.29 is 9.59 Å². The van der Waals surface area contributed by atoms with Gasteiger partial charge in [0, 0.05) is 0 Å². The molecule has 1 saturated carbocycles. The number of rotatable bonds is 1. The number of terminal acetylenes is 1. The van der Waals surface area contributed by atoms with Gasteiger partial charge < -0.3 is 10.2 Å². The van der Waals surface area contributed by atoms with Crippen LogP contribution in [-0.2, 0) is 9.59 Å². The molecule has 17 heavy (non-hydrogen) atoms. The molecular formula is C13H18N2O2. The zero-order chi connectivity index (χ0) is 12.7. The minimum absolute atomic E-state index is 0.0162. The van der Waals surface area contributed by atoms with E-state index < -0.39 is 11.1 Å². The van der Waals surface area contributed by atoms with Crippen LogP contribution in [0.2, 0.25) is 0 Å². The Labute approximate surface area is 102 Å². The summed E-state index contributed by atoms with van der Waals surface area (Å²) in [6.45, 7) is 3.66. The molecule has 1 heterocycles. The van der Waals surface area contributed by atoms with Crippen LogP contribution in [0.1, 0.15) is 39.5 Å². The summed E-state index contributed by atoms with van der Waals surface area (Å²) >= 11 is 0. The Hall–Kier alpha value is -1.50. The predicted molar refractivity (Wildman–Crippen MR) is 64.0 cm³/mol. The first-order chi connectivity index (χ1) is 7.91. The van der Waals surface area contributed by atoms with Crippen molar-refractivity contribution in [3.8, 4) is 12.3 Å². The van der Waals surface area contributed by atoms with Crippen LogP contribution < -0.4 is 5.32 Å². The molecule has 92 valence electrons. The fourth-order valence-electron chi connectivity index (χ4n) is 2.68. The smallest absolute Gasteiger partial charge is 0.249 e. The highest BCUT2D eigenvalue weighted by Crippen LogP contribution is 2.35. The summed E-state index contributed by atoms with van der Waals surface area (Å²) in [6.07, 6.45) is 8.88. The lowest BCUT2D eigenvalue weighted by atomic mass is 9.89. The molecule has 1 spiro atoms. The lowest BCUT2D eigenvalue weighted by Gasteiger charge is -2.45. The SMILES string of the molecule is C#CC(C)(C)N1CC(=O)NC2(CCCC2)C1=O. The molecular weight excluding hydrogens is 216 g/mol. The molecule has 1 aliphatic heterocycles. The van der Waals surface area contributed by atoms with Gasteiger partial charge in [-0.05, 0) is 26.7 Å². The third-order valence-electron chi connectivity index (χ3n) is 3.82. The fraction of sp³-hybridized carbons (Fsp3) is 0.692. The molecule has 2 aliphatic rings. The van der Waals surface area contributed by atoms with Crippen molar-refractivity contribution in [3.63, 3.8) is 0 Å². The first kappa shape index (κ1) is 12.0. The molecule has 0 aromatic rings. The average Bonchev–Trinajstić information content (AvgIpc) is 2.73. The van der Waals surface area contributed by atoms with E-state index in [1.807, 2.05) is 0 Å². The molecule has 0 aromatic carbocycles. The topological polar surface area (TPSA) is 49.4 Å². The third kappa shape index (κ3) is 1.80. The van der Waals surface area contributed by atoms with E-state index in [9.17, 15) is 9.59 Å². The van der Waals surface area contributed by atoms with E-state index in [0.29, 0.717) is 0 Å². The van der Waals surface area contributed by atoms with Gasteiger partial charge in [-0.3, -0.25) is 9.59 Å². The second kappa shape index (κ2) is 3.76. The fourth-order valence-corrected chi connectivity index (χ4v) is 2.68. The zero-order valence-corrected chi connectivity index (χ0v) is 10.4. The molecule has 2 fully saturated rings. The minimum atomic E-state index is -0.704. The molecule has 0 atom stereocenters. The van der Waals surface area contributed by atoms with Gasteiger partial charge in [-0.25, -0.2) is 0 Å². The summed E-state index contributed by atoms with van der Waals surface area (Å²) in [4.78, 5) is 25.8. The van der Waals surface area contributed by atoms with Crippen molar-refractivity contribution in [2.45, 2.75) is 50.6 Å². The Morgan fingerprint density at radius 3 is 2.47 bits per heavy atom. The lowest BCUT2D eigenvalue weighted by molar-refractivity contribution is -0.153. The maximum atomic E-state index is 12.5. The number of carbonyl (C=O) groups excluding carboxylic acids is 2. The van der Waals surface area contributed by atoms with Crippen LogP contribution in [0.4, 0.5) is 0 Å². The summed E-state index contributed by atoms with van der Waals surface area (Å²) < 4.78 is 0. The van der Waals surface area contributed by atoms with Crippen LogP contribution in [0.3, 0.4) is 0 Å². The van der Waals surface area contributed by atoms with Crippen LogP contribution in [0.25, 0.3) is 0 Å². The van der Waals surface area contributed by atoms with Crippen LogP contribution in [0, 0.1) is 12.3 Å². The molecule has 4 heteroatoms. The van der Waals surface area contributed by atoms with E-state index in [1.54, 1.807) is 13.8 Å². The molecule has 1 aliphatic carbocycles. The van der Waals surface area contributed by atoms with Crippen molar-refractivity contribution in [1.82, 2.24) is 10.2 Å². The van der Waals surface area contributed by atoms with E-state index >= 15 is 0 Å². The van der Waals surface area contributed by atoms with Gasteiger partial charge in [0.05, 0.1) is 5.54 Å². The summed E-state index contributed by atoms with van der Waals surface area (Å²) in [5.41, 5.74) is -1.38. The number of nitrogens with zero attached hydrogens (tertiary/aromatic N) is 1. The van der Waals surface area contributed by atoms with Gasteiger partial charge in [0.1, 0.15) is 12.1 Å². The summed E-state index contributed by atoms with van der Waals surface area (Å²) in [5.74, 6) is 2.48. The van der Waals surface area contributed by atoms with Gasteiger partial charge in [-0.15, -0.1) is 6.42 Å². The van der Waals surface area contributed by atoms with Gasteiger partial charge in [0.25, 0.3) is 0 Å². The van der Waals surface area contributed by atoms with Crippen molar-refractivity contribution >= 4 is 11.8 Å².